The van der Waals surface area contributed by atoms with Crippen LogP contribution in [-0.2, 0) is 0 Å². The topological polar surface area (TPSA) is 38.0 Å². The molecule has 1 fully saturated rings. The van der Waals surface area contributed by atoms with Gasteiger partial charge in [-0.05, 0) is 30.0 Å². The molecule has 1 aliphatic rings. The number of piperidine rings is 1. The lowest BCUT2D eigenvalue weighted by atomic mass is 9.89. The van der Waals surface area contributed by atoms with Crippen molar-refractivity contribution in [3.05, 3.63) is 35.6 Å². The fourth-order valence-electron chi connectivity index (χ4n) is 1.96. The van der Waals surface area contributed by atoms with Gasteiger partial charge in [-0.1, -0.05) is 12.1 Å². The molecule has 0 radical (unpaired) electrons. The average molecular weight is 194 g/mol. The second-order valence-corrected chi connectivity index (χ2v) is 3.90. The standard InChI is InChI=1S/C11H15FN2/c12-10-3-1-8(2-4-10)9-5-11(13)7-14-6-9/h1-4,9,11,14H,5-7,13H2. The highest BCUT2D eigenvalue weighted by Crippen LogP contribution is 2.22. The number of halogens is 1. The third-order valence-electron chi connectivity index (χ3n) is 2.73. The van der Waals surface area contributed by atoms with Crippen molar-refractivity contribution in [2.45, 2.75) is 18.4 Å². The van der Waals surface area contributed by atoms with Crippen LogP contribution >= 0.6 is 0 Å². The Hall–Kier alpha value is -0.930. The summed E-state index contributed by atoms with van der Waals surface area (Å²) in [6.07, 6.45) is 0.985. The molecule has 1 heterocycles. The molecular weight excluding hydrogens is 179 g/mol. The maximum atomic E-state index is 12.7. The van der Waals surface area contributed by atoms with E-state index < -0.39 is 0 Å². The van der Waals surface area contributed by atoms with E-state index in [4.69, 9.17) is 5.73 Å². The van der Waals surface area contributed by atoms with E-state index in [1.54, 1.807) is 0 Å². The zero-order chi connectivity index (χ0) is 9.97. The molecule has 2 atom stereocenters. The van der Waals surface area contributed by atoms with Crippen molar-refractivity contribution in [2.75, 3.05) is 13.1 Å². The molecule has 0 amide bonds. The Morgan fingerprint density at radius 3 is 2.57 bits per heavy atom. The molecule has 0 bridgehead atoms. The Labute approximate surface area is 83.3 Å². The molecule has 1 aromatic rings. The Morgan fingerprint density at radius 1 is 1.21 bits per heavy atom. The Morgan fingerprint density at radius 2 is 1.93 bits per heavy atom. The first-order chi connectivity index (χ1) is 6.75. The van der Waals surface area contributed by atoms with Gasteiger partial charge in [-0.3, -0.25) is 0 Å². The van der Waals surface area contributed by atoms with Gasteiger partial charge in [0.2, 0.25) is 0 Å². The van der Waals surface area contributed by atoms with Gasteiger partial charge in [0.15, 0.2) is 0 Å². The van der Waals surface area contributed by atoms with Gasteiger partial charge < -0.3 is 11.1 Å². The van der Waals surface area contributed by atoms with Crippen molar-refractivity contribution in [3.8, 4) is 0 Å². The number of hydrogen-bond donors (Lipinski definition) is 2. The van der Waals surface area contributed by atoms with Crippen molar-refractivity contribution < 1.29 is 4.39 Å². The summed E-state index contributed by atoms with van der Waals surface area (Å²) in [5.41, 5.74) is 7.03. The number of hydrogen-bond acceptors (Lipinski definition) is 2. The van der Waals surface area contributed by atoms with E-state index in [1.165, 1.54) is 17.7 Å². The van der Waals surface area contributed by atoms with E-state index in [2.05, 4.69) is 5.32 Å². The van der Waals surface area contributed by atoms with Crippen LogP contribution in [0.5, 0.6) is 0 Å². The number of nitrogens with one attached hydrogen (secondary N) is 1. The smallest absolute Gasteiger partial charge is 0.123 e. The van der Waals surface area contributed by atoms with Crippen LogP contribution in [0, 0.1) is 5.82 Å². The number of rotatable bonds is 1. The van der Waals surface area contributed by atoms with E-state index in [1.807, 2.05) is 12.1 Å². The molecule has 2 unspecified atom stereocenters. The van der Waals surface area contributed by atoms with Gasteiger partial charge in [0.1, 0.15) is 5.82 Å². The van der Waals surface area contributed by atoms with Gasteiger partial charge in [0.25, 0.3) is 0 Å². The summed E-state index contributed by atoms with van der Waals surface area (Å²) in [5.74, 6) is 0.251. The number of nitrogens with two attached hydrogens (primary N) is 1. The Bertz CT molecular complexity index is 297. The molecule has 14 heavy (non-hydrogen) atoms. The average Bonchev–Trinajstić information content (AvgIpc) is 2.19. The second kappa shape index (κ2) is 4.07. The third kappa shape index (κ3) is 2.11. The summed E-state index contributed by atoms with van der Waals surface area (Å²) in [6, 6.07) is 6.93. The van der Waals surface area contributed by atoms with Crippen molar-refractivity contribution in [2.24, 2.45) is 5.73 Å². The quantitative estimate of drug-likeness (QED) is 0.705. The van der Waals surface area contributed by atoms with Crippen LogP contribution in [0.25, 0.3) is 0 Å². The summed E-state index contributed by atoms with van der Waals surface area (Å²) in [4.78, 5) is 0. The van der Waals surface area contributed by atoms with Gasteiger partial charge >= 0.3 is 0 Å². The van der Waals surface area contributed by atoms with Crippen LogP contribution in [-0.4, -0.2) is 19.1 Å². The van der Waals surface area contributed by atoms with Crippen LogP contribution < -0.4 is 11.1 Å². The van der Waals surface area contributed by atoms with Crippen molar-refractivity contribution in [1.82, 2.24) is 5.32 Å². The molecule has 0 saturated carbocycles. The summed E-state index contributed by atoms with van der Waals surface area (Å²) in [7, 11) is 0. The molecular formula is C11H15FN2. The van der Waals surface area contributed by atoms with Gasteiger partial charge in [-0.2, -0.15) is 0 Å². The second-order valence-electron chi connectivity index (χ2n) is 3.90. The summed E-state index contributed by atoms with van der Waals surface area (Å²) < 4.78 is 12.7. The Kier molecular flexibility index (Phi) is 2.79. The fraction of sp³-hybridized carbons (Fsp3) is 0.455. The molecule has 3 N–H and O–H groups in total. The summed E-state index contributed by atoms with van der Waals surface area (Å²) in [5, 5.41) is 3.28. The first-order valence-electron chi connectivity index (χ1n) is 4.97. The molecule has 76 valence electrons. The highest BCUT2D eigenvalue weighted by Gasteiger charge is 2.19. The molecule has 2 rings (SSSR count). The highest BCUT2D eigenvalue weighted by molar-refractivity contribution is 5.21. The zero-order valence-corrected chi connectivity index (χ0v) is 8.04. The normalized spacial score (nSPS) is 27.6. The first-order valence-corrected chi connectivity index (χ1v) is 4.97. The predicted molar refractivity (Wildman–Crippen MR) is 54.6 cm³/mol. The monoisotopic (exact) mass is 194 g/mol. The summed E-state index contributed by atoms with van der Waals surface area (Å²) in [6.45, 7) is 1.83. The molecule has 1 saturated heterocycles. The van der Waals surface area contributed by atoms with Gasteiger partial charge in [-0.15, -0.1) is 0 Å². The molecule has 0 spiro atoms. The molecule has 2 nitrogen and oxygen atoms in total. The molecule has 0 aliphatic carbocycles. The lowest BCUT2D eigenvalue weighted by Gasteiger charge is -2.27. The van der Waals surface area contributed by atoms with Crippen molar-refractivity contribution >= 4 is 0 Å². The van der Waals surface area contributed by atoms with Crippen molar-refractivity contribution in [3.63, 3.8) is 0 Å². The van der Waals surface area contributed by atoms with E-state index in [-0.39, 0.29) is 11.9 Å². The van der Waals surface area contributed by atoms with E-state index >= 15 is 0 Å². The Balaban J connectivity index is 2.10. The lowest BCUT2D eigenvalue weighted by molar-refractivity contribution is 0.411. The van der Waals surface area contributed by atoms with Crippen LogP contribution in [0.4, 0.5) is 4.39 Å². The van der Waals surface area contributed by atoms with E-state index in [9.17, 15) is 4.39 Å². The first kappa shape index (κ1) is 9.62. The van der Waals surface area contributed by atoms with E-state index in [0.29, 0.717) is 5.92 Å². The highest BCUT2D eigenvalue weighted by atomic mass is 19.1. The molecule has 1 aromatic carbocycles. The largest absolute Gasteiger partial charge is 0.327 e. The van der Waals surface area contributed by atoms with Crippen LogP contribution in [0.2, 0.25) is 0 Å². The van der Waals surface area contributed by atoms with Gasteiger partial charge in [-0.25, -0.2) is 4.39 Å². The SMILES string of the molecule is NC1CNCC(c2ccc(F)cc2)C1. The molecule has 1 aliphatic heterocycles. The minimum absolute atomic E-state index is 0.179. The predicted octanol–water partition coefficient (Wildman–Crippen LogP) is 1.23. The fourth-order valence-corrected chi connectivity index (χ4v) is 1.96. The molecule has 3 heteroatoms. The number of benzene rings is 1. The third-order valence-corrected chi connectivity index (χ3v) is 2.73. The van der Waals surface area contributed by atoms with Crippen LogP contribution in [0.1, 0.15) is 17.9 Å². The summed E-state index contributed by atoms with van der Waals surface area (Å²) >= 11 is 0. The maximum absolute atomic E-state index is 12.7. The lowest BCUT2D eigenvalue weighted by Crippen LogP contribution is -2.43. The van der Waals surface area contributed by atoms with Crippen molar-refractivity contribution in [1.29, 1.82) is 0 Å². The van der Waals surface area contributed by atoms with Crippen LogP contribution in [0.15, 0.2) is 24.3 Å². The molecule has 0 aromatic heterocycles. The van der Waals surface area contributed by atoms with Crippen LogP contribution in [0.3, 0.4) is 0 Å². The maximum Gasteiger partial charge on any atom is 0.123 e. The minimum atomic E-state index is -0.179. The van der Waals surface area contributed by atoms with E-state index in [0.717, 1.165) is 19.5 Å². The minimum Gasteiger partial charge on any atom is -0.327 e. The zero-order valence-electron chi connectivity index (χ0n) is 8.04. The van der Waals surface area contributed by atoms with Gasteiger partial charge in [0, 0.05) is 19.1 Å². The van der Waals surface area contributed by atoms with Gasteiger partial charge in [0.05, 0.1) is 0 Å².